The van der Waals surface area contributed by atoms with Crippen molar-refractivity contribution in [2.75, 3.05) is 0 Å². The van der Waals surface area contributed by atoms with Gasteiger partial charge in [-0.1, -0.05) is 0 Å². The predicted molar refractivity (Wildman–Crippen MR) is 45.2 cm³/mol. The third kappa shape index (κ3) is 1.35. The number of H-pyrrole nitrogens is 1. The Morgan fingerprint density at radius 2 is 2.38 bits per heavy atom. The molecule has 2 heterocycles. The number of carbonyl (C=O) groups is 1. The first-order valence-corrected chi connectivity index (χ1v) is 3.76. The maximum absolute atomic E-state index is 10.5. The molecule has 0 aromatic carbocycles. The second-order valence-corrected chi connectivity index (χ2v) is 2.64. The van der Waals surface area contributed by atoms with Crippen molar-refractivity contribution in [1.29, 1.82) is 0 Å². The van der Waals surface area contributed by atoms with Gasteiger partial charge in [-0.25, -0.2) is 9.97 Å². The van der Waals surface area contributed by atoms with Gasteiger partial charge in [0.25, 0.3) is 0 Å². The zero-order valence-corrected chi connectivity index (χ0v) is 6.69. The Balaban J connectivity index is 2.54. The monoisotopic (exact) mass is 177 g/mol. The van der Waals surface area contributed by atoms with E-state index in [-0.39, 0.29) is 6.42 Å². The summed E-state index contributed by atoms with van der Waals surface area (Å²) in [5, 5.41) is 8.61. The molecule has 0 radical (unpaired) electrons. The lowest BCUT2D eigenvalue weighted by atomic mass is 10.2. The summed E-state index contributed by atoms with van der Waals surface area (Å²) in [6, 6.07) is 1.68. The molecule has 0 bridgehead atoms. The molecule has 0 aliphatic carbocycles. The van der Waals surface area contributed by atoms with Crippen LogP contribution in [0.4, 0.5) is 0 Å². The van der Waals surface area contributed by atoms with E-state index in [4.69, 9.17) is 5.11 Å². The first-order valence-electron chi connectivity index (χ1n) is 3.76. The normalized spacial score (nSPS) is 10.5. The van der Waals surface area contributed by atoms with E-state index in [1.165, 1.54) is 6.33 Å². The molecule has 0 saturated carbocycles. The van der Waals surface area contributed by atoms with Crippen LogP contribution in [0.15, 0.2) is 18.6 Å². The lowest BCUT2D eigenvalue weighted by Gasteiger charge is -1.96. The van der Waals surface area contributed by atoms with Crippen LogP contribution >= 0.6 is 0 Å². The van der Waals surface area contributed by atoms with Gasteiger partial charge < -0.3 is 10.1 Å². The van der Waals surface area contributed by atoms with Crippen molar-refractivity contribution in [3.8, 4) is 0 Å². The van der Waals surface area contributed by atoms with E-state index in [0.717, 1.165) is 0 Å². The molecule has 0 spiro atoms. The number of aromatic amines is 1. The van der Waals surface area contributed by atoms with Crippen molar-refractivity contribution < 1.29 is 9.90 Å². The Bertz CT molecular complexity index is 449. The van der Waals surface area contributed by atoms with Crippen molar-refractivity contribution >= 4 is 17.1 Å². The number of carboxylic acid groups (broad SMARTS) is 1. The summed E-state index contributed by atoms with van der Waals surface area (Å²) in [6.07, 6.45) is 3.05. The molecule has 5 heteroatoms. The Labute approximate surface area is 73.4 Å². The third-order valence-electron chi connectivity index (χ3n) is 1.75. The number of carboxylic acids is 1. The number of hydrogen-bond acceptors (Lipinski definition) is 3. The van der Waals surface area contributed by atoms with E-state index in [2.05, 4.69) is 15.0 Å². The molecule has 0 aliphatic rings. The largest absolute Gasteiger partial charge is 0.481 e. The lowest BCUT2D eigenvalue weighted by Crippen LogP contribution is -2.00. The van der Waals surface area contributed by atoms with Gasteiger partial charge in [0.15, 0.2) is 5.65 Å². The molecule has 0 fully saturated rings. The summed E-state index contributed by atoms with van der Waals surface area (Å²) >= 11 is 0. The summed E-state index contributed by atoms with van der Waals surface area (Å²) in [5.41, 5.74) is 1.96. The second-order valence-electron chi connectivity index (χ2n) is 2.64. The molecule has 66 valence electrons. The highest BCUT2D eigenvalue weighted by Gasteiger charge is 2.06. The molecule has 0 atom stereocenters. The van der Waals surface area contributed by atoms with E-state index in [0.29, 0.717) is 16.7 Å². The Morgan fingerprint density at radius 1 is 1.54 bits per heavy atom. The fourth-order valence-electron chi connectivity index (χ4n) is 1.21. The average molecular weight is 177 g/mol. The van der Waals surface area contributed by atoms with Crippen molar-refractivity contribution in [2.45, 2.75) is 6.42 Å². The van der Waals surface area contributed by atoms with Gasteiger partial charge in [-0.3, -0.25) is 4.79 Å². The van der Waals surface area contributed by atoms with Crippen LogP contribution in [0, 0.1) is 0 Å². The van der Waals surface area contributed by atoms with Crippen LogP contribution in [0.3, 0.4) is 0 Å². The zero-order chi connectivity index (χ0) is 9.26. The highest BCUT2D eigenvalue weighted by molar-refractivity contribution is 5.80. The molecule has 5 nitrogen and oxygen atoms in total. The first-order chi connectivity index (χ1) is 6.27. The predicted octanol–water partition coefficient (Wildman–Crippen LogP) is 0.585. The number of rotatable bonds is 2. The summed E-state index contributed by atoms with van der Waals surface area (Å²) in [7, 11) is 0. The number of pyridine rings is 1. The first kappa shape index (κ1) is 7.72. The van der Waals surface area contributed by atoms with E-state index >= 15 is 0 Å². The minimum Gasteiger partial charge on any atom is -0.481 e. The molecule has 0 unspecified atom stereocenters. The number of imidazole rings is 1. The second kappa shape index (κ2) is 2.85. The molecule has 2 aromatic rings. The summed E-state index contributed by atoms with van der Waals surface area (Å²) in [5.74, 6) is -0.859. The van der Waals surface area contributed by atoms with Gasteiger partial charge in [0.2, 0.25) is 0 Å². The van der Waals surface area contributed by atoms with Crippen LogP contribution < -0.4 is 0 Å². The van der Waals surface area contributed by atoms with Crippen molar-refractivity contribution in [3.63, 3.8) is 0 Å². The van der Waals surface area contributed by atoms with Crippen molar-refractivity contribution in [2.24, 2.45) is 0 Å². The molecule has 0 saturated heterocycles. The van der Waals surface area contributed by atoms with Gasteiger partial charge in [0, 0.05) is 6.20 Å². The molecule has 2 aromatic heterocycles. The maximum Gasteiger partial charge on any atom is 0.307 e. The Hall–Kier alpha value is -1.91. The molecule has 0 aliphatic heterocycles. The van der Waals surface area contributed by atoms with Crippen LogP contribution in [0.25, 0.3) is 11.2 Å². The van der Waals surface area contributed by atoms with Gasteiger partial charge in [-0.15, -0.1) is 0 Å². The number of aliphatic carboxylic acids is 1. The van der Waals surface area contributed by atoms with Crippen molar-refractivity contribution in [3.05, 3.63) is 24.2 Å². The zero-order valence-electron chi connectivity index (χ0n) is 6.69. The number of hydrogen-bond donors (Lipinski definition) is 2. The number of nitrogens with zero attached hydrogens (tertiary/aromatic N) is 2. The van der Waals surface area contributed by atoms with Gasteiger partial charge in [-0.2, -0.15) is 0 Å². The summed E-state index contributed by atoms with van der Waals surface area (Å²) in [6.45, 7) is 0. The van der Waals surface area contributed by atoms with E-state index in [9.17, 15) is 4.79 Å². The van der Waals surface area contributed by atoms with Gasteiger partial charge in [0.1, 0.15) is 0 Å². The molecular formula is C8H7N3O2. The Kier molecular flexibility index (Phi) is 1.70. The maximum atomic E-state index is 10.5. The third-order valence-corrected chi connectivity index (χ3v) is 1.75. The smallest absolute Gasteiger partial charge is 0.307 e. The quantitative estimate of drug-likeness (QED) is 0.703. The van der Waals surface area contributed by atoms with Crippen LogP contribution in [0.1, 0.15) is 5.56 Å². The fourth-order valence-corrected chi connectivity index (χ4v) is 1.21. The van der Waals surface area contributed by atoms with Crippen LogP contribution in [0.5, 0.6) is 0 Å². The highest BCUT2D eigenvalue weighted by Crippen LogP contribution is 2.12. The number of fused-ring (bicyclic) bond motifs is 1. The minimum atomic E-state index is -0.859. The topological polar surface area (TPSA) is 78.9 Å². The molecule has 13 heavy (non-hydrogen) atoms. The van der Waals surface area contributed by atoms with Crippen LogP contribution in [-0.2, 0) is 11.2 Å². The standard InChI is InChI=1S/C8H7N3O2/c12-6(13)3-5-1-2-9-8-7(5)10-4-11-8/h1-2,4H,3H2,(H,12,13)(H,9,10,11). The number of aromatic nitrogens is 3. The van der Waals surface area contributed by atoms with Gasteiger partial charge in [-0.05, 0) is 11.6 Å². The lowest BCUT2D eigenvalue weighted by molar-refractivity contribution is -0.136. The molecule has 0 amide bonds. The van der Waals surface area contributed by atoms with Crippen molar-refractivity contribution in [1.82, 2.24) is 15.0 Å². The van der Waals surface area contributed by atoms with E-state index < -0.39 is 5.97 Å². The Morgan fingerprint density at radius 3 is 3.15 bits per heavy atom. The highest BCUT2D eigenvalue weighted by atomic mass is 16.4. The van der Waals surface area contributed by atoms with Crippen LogP contribution in [0.2, 0.25) is 0 Å². The minimum absolute atomic E-state index is 0.0127. The summed E-state index contributed by atoms with van der Waals surface area (Å²) in [4.78, 5) is 21.2. The SMILES string of the molecule is O=C(O)Cc1ccnc2nc[nH]c12. The molecule has 2 rings (SSSR count). The van der Waals surface area contributed by atoms with Gasteiger partial charge in [0.05, 0.1) is 18.3 Å². The fraction of sp³-hybridized carbons (Fsp3) is 0.125. The summed E-state index contributed by atoms with van der Waals surface area (Å²) < 4.78 is 0. The van der Waals surface area contributed by atoms with E-state index in [1.54, 1.807) is 12.3 Å². The van der Waals surface area contributed by atoms with Gasteiger partial charge >= 0.3 is 5.97 Å². The van der Waals surface area contributed by atoms with Crippen LogP contribution in [-0.4, -0.2) is 26.0 Å². The molecule has 2 N–H and O–H groups in total. The molecular weight excluding hydrogens is 170 g/mol. The number of nitrogens with one attached hydrogen (secondary N) is 1. The van der Waals surface area contributed by atoms with E-state index in [1.807, 2.05) is 0 Å². The average Bonchev–Trinajstić information content (AvgIpc) is 2.51.